The summed E-state index contributed by atoms with van der Waals surface area (Å²) in [5, 5.41) is 12.1. The van der Waals surface area contributed by atoms with Crippen LogP contribution in [0.4, 0.5) is 21.0 Å². The van der Waals surface area contributed by atoms with Gasteiger partial charge in [0.25, 0.3) is 0 Å². The van der Waals surface area contributed by atoms with Crippen LogP contribution < -0.4 is 21.3 Å². The molecule has 56 heavy (non-hydrogen) atoms. The normalized spacial score (nSPS) is 17.1. The van der Waals surface area contributed by atoms with Gasteiger partial charge < -0.3 is 40.2 Å². The number of anilines is 2. The van der Waals surface area contributed by atoms with Gasteiger partial charge in [0.05, 0.1) is 11.2 Å². The highest BCUT2D eigenvalue weighted by molar-refractivity contribution is 6.16. The van der Waals surface area contributed by atoms with E-state index < -0.39 is 0 Å². The molecule has 0 spiro atoms. The van der Waals surface area contributed by atoms with Gasteiger partial charge in [-0.3, -0.25) is 0 Å². The maximum Gasteiger partial charge on any atom is 0.319 e. The molecule has 4 atom stereocenters. The monoisotopic (exact) mass is 783 g/mol. The van der Waals surface area contributed by atoms with Gasteiger partial charge in [0, 0.05) is 62.9 Å². The van der Waals surface area contributed by atoms with E-state index in [1.165, 1.54) is 0 Å². The molecule has 14 heteroatoms. The van der Waals surface area contributed by atoms with E-state index in [9.17, 15) is 9.59 Å². The molecule has 0 bridgehead atoms. The topological polar surface area (TPSA) is 119 Å². The zero-order chi connectivity index (χ0) is 43.6. The van der Waals surface area contributed by atoms with E-state index in [2.05, 4.69) is 136 Å². The van der Waals surface area contributed by atoms with Gasteiger partial charge in [0.15, 0.2) is 0 Å². The molecule has 4 amide bonds. The number of nitrogens with one attached hydrogen (secondary N) is 4. The zero-order valence-corrected chi connectivity index (χ0v) is 39.7. The highest BCUT2D eigenvalue weighted by Gasteiger charge is 2.36. The molecule has 0 saturated carbocycles. The summed E-state index contributed by atoms with van der Waals surface area (Å²) in [7, 11) is 12.2. The third-order valence-electron chi connectivity index (χ3n) is 10.7. The number of rotatable bonds is 24. The van der Waals surface area contributed by atoms with Crippen molar-refractivity contribution in [1.82, 2.24) is 10.6 Å². The number of carbonyl (C=O) groups excluding carboxylic acids is 2. The summed E-state index contributed by atoms with van der Waals surface area (Å²) in [4.78, 5) is 26.4. The average Bonchev–Trinajstić information content (AvgIpc) is 2.98. The van der Waals surface area contributed by atoms with Crippen molar-refractivity contribution in [3.8, 4) is 0 Å². The number of methoxy groups -OCH3 is 2. The second-order valence-corrected chi connectivity index (χ2v) is 22.1. The second kappa shape index (κ2) is 20.2. The molecule has 0 saturated heterocycles. The Morgan fingerprint density at radius 1 is 0.554 bits per heavy atom. The molecule has 4 unspecified atom stereocenters. The van der Waals surface area contributed by atoms with Gasteiger partial charge in [-0.25, -0.2) is 9.59 Å². The van der Waals surface area contributed by atoms with Crippen molar-refractivity contribution in [1.29, 1.82) is 0 Å². The van der Waals surface area contributed by atoms with Crippen LogP contribution in [0.25, 0.3) is 0 Å². The lowest BCUT2D eigenvalue weighted by Crippen LogP contribution is -2.40. The predicted molar refractivity (Wildman–Crippen MR) is 247 cm³/mol. The molecule has 4 N–H and O–H groups in total. The molecule has 0 aliphatic carbocycles. The highest BCUT2D eigenvalue weighted by atomic mass is 16.5. The van der Waals surface area contributed by atoms with Gasteiger partial charge in [0.1, 0.15) is 31.4 Å². The first kappa shape index (κ1) is 51.9. The van der Waals surface area contributed by atoms with E-state index in [4.69, 9.17) is 18.9 Å². The number of aryl methyl sites for hydroxylation is 2. The quantitative estimate of drug-likeness (QED) is 0.0937. The molecule has 1 aromatic carbocycles. The Hall–Kier alpha value is -2.14. The molecular weight excluding hydrogens is 700 g/mol. The van der Waals surface area contributed by atoms with Crippen molar-refractivity contribution in [3.05, 3.63) is 23.3 Å². The predicted octanol–water partition coefficient (Wildman–Crippen LogP) is 6.14. The fraction of sp³-hybridized carbons (Fsp3) is 0.810. The molecular formula is C42H82B4N4O6. The first-order valence-electron chi connectivity index (χ1n) is 20.7. The van der Waals surface area contributed by atoms with Crippen molar-refractivity contribution in [2.75, 3.05) is 51.2 Å². The van der Waals surface area contributed by atoms with Gasteiger partial charge in [0.2, 0.25) is 0 Å². The number of hydrogen-bond acceptors (Lipinski definition) is 6. The Balaban J connectivity index is 2.77. The van der Waals surface area contributed by atoms with Gasteiger partial charge in [-0.15, -0.1) is 0 Å². The van der Waals surface area contributed by atoms with Gasteiger partial charge in [-0.2, -0.15) is 0 Å². The first-order chi connectivity index (χ1) is 25.1. The standard InChI is InChI=1S/C42H82B4N4O6/c1-29-21-30(2)32(50-34(52)48-28-40(12,44)23-35(3,4)25-42(14,46)56-19-17-37(7,8)53-15)22-31(29)49-33(51)47-27-36(5,6)24-39(11,43)26-38(9,10)55-20-18-41(13,45)54-16/h21-22H,17-20,23-28,43-46H2,1-16H3,(H2,47,49,51)(H2,48,50,52). The maximum atomic E-state index is 13.2. The maximum absolute atomic E-state index is 13.2. The molecule has 0 fully saturated rings. The minimum absolute atomic E-state index is 0.0180. The van der Waals surface area contributed by atoms with Crippen LogP contribution in [0.2, 0.25) is 10.6 Å². The van der Waals surface area contributed by atoms with Crippen LogP contribution in [-0.4, -0.2) is 106 Å². The highest BCUT2D eigenvalue weighted by Crippen LogP contribution is 2.44. The number of carbonyl (C=O) groups is 2. The first-order valence-corrected chi connectivity index (χ1v) is 20.7. The van der Waals surface area contributed by atoms with Gasteiger partial charge in [-0.1, -0.05) is 52.9 Å². The van der Waals surface area contributed by atoms with Crippen LogP contribution in [-0.2, 0) is 18.9 Å². The van der Waals surface area contributed by atoms with E-state index in [-0.39, 0.29) is 55.7 Å². The third kappa shape index (κ3) is 21.0. The van der Waals surface area contributed by atoms with Crippen LogP contribution in [0.3, 0.4) is 0 Å². The van der Waals surface area contributed by atoms with Crippen molar-refractivity contribution in [2.24, 2.45) is 10.8 Å². The molecule has 0 heterocycles. The SMILES string of the molecule is BC(C)(CNC(=O)Nc1cc(NC(=O)NCC(C)(C)CC(B)(C)CC(C)(C)OCCC(B)(C)OC)c(C)cc1C)CC(C)(C)CC(B)(C)OCCC(C)(C)OC. The van der Waals surface area contributed by atoms with Crippen LogP contribution in [0, 0.1) is 24.7 Å². The summed E-state index contributed by atoms with van der Waals surface area (Å²) in [5.74, 6) is 0. The van der Waals surface area contributed by atoms with Gasteiger partial charge >= 0.3 is 12.1 Å². The number of amides is 4. The van der Waals surface area contributed by atoms with Crippen molar-refractivity contribution in [2.45, 2.75) is 168 Å². The Morgan fingerprint density at radius 2 is 1.04 bits per heavy atom. The number of ether oxygens (including phenoxy) is 4. The van der Waals surface area contributed by atoms with E-state index in [1.54, 1.807) is 14.2 Å². The fourth-order valence-corrected chi connectivity index (χ4v) is 8.69. The summed E-state index contributed by atoms with van der Waals surface area (Å²) in [6.07, 6.45) is 5.22. The minimum atomic E-state index is -0.289. The summed E-state index contributed by atoms with van der Waals surface area (Å²) in [6, 6.07) is 3.25. The largest absolute Gasteiger partial charge is 0.388 e. The lowest BCUT2D eigenvalue weighted by atomic mass is 9.58. The van der Waals surface area contributed by atoms with Crippen LogP contribution in [0.5, 0.6) is 0 Å². The van der Waals surface area contributed by atoms with E-state index in [1.807, 2.05) is 26.0 Å². The average molecular weight is 782 g/mol. The van der Waals surface area contributed by atoms with E-state index in [0.717, 1.165) is 49.7 Å². The molecule has 0 aliphatic rings. The second-order valence-electron chi connectivity index (χ2n) is 22.1. The van der Waals surface area contributed by atoms with Crippen molar-refractivity contribution >= 4 is 54.8 Å². The van der Waals surface area contributed by atoms with E-state index in [0.29, 0.717) is 37.7 Å². The van der Waals surface area contributed by atoms with Crippen molar-refractivity contribution in [3.63, 3.8) is 0 Å². The zero-order valence-electron chi connectivity index (χ0n) is 39.7. The Kier molecular flexibility index (Phi) is 18.7. The fourth-order valence-electron chi connectivity index (χ4n) is 8.69. The molecule has 10 nitrogen and oxygen atoms in total. The lowest BCUT2D eigenvalue weighted by Gasteiger charge is -2.40. The van der Waals surface area contributed by atoms with Crippen LogP contribution >= 0.6 is 0 Å². The Labute approximate surface area is 346 Å². The molecule has 318 valence electrons. The molecule has 1 aromatic rings. The number of benzene rings is 1. The molecule has 0 radical (unpaired) electrons. The third-order valence-corrected chi connectivity index (χ3v) is 10.7. The van der Waals surface area contributed by atoms with Crippen LogP contribution in [0.15, 0.2) is 12.1 Å². The van der Waals surface area contributed by atoms with Crippen molar-refractivity contribution < 1.29 is 28.5 Å². The number of hydrogen-bond donors (Lipinski definition) is 4. The summed E-state index contributed by atoms with van der Waals surface area (Å²) >= 11 is 0. The van der Waals surface area contributed by atoms with E-state index >= 15 is 0 Å². The Morgan fingerprint density at radius 3 is 1.54 bits per heavy atom. The Bertz CT molecular complexity index is 1330. The summed E-state index contributed by atoms with van der Waals surface area (Å²) in [5.41, 5.74) is 1.95. The summed E-state index contributed by atoms with van der Waals surface area (Å²) in [6.45, 7) is 32.2. The molecule has 0 aliphatic heterocycles. The summed E-state index contributed by atoms with van der Waals surface area (Å²) < 4.78 is 23.7. The number of urea groups is 2. The smallest absolute Gasteiger partial charge is 0.319 e. The lowest BCUT2D eigenvalue weighted by molar-refractivity contribution is -0.0529. The molecule has 0 aromatic heterocycles. The molecule has 1 rings (SSSR count). The minimum Gasteiger partial charge on any atom is -0.388 e. The van der Waals surface area contributed by atoms with Crippen LogP contribution in [0.1, 0.15) is 133 Å². The van der Waals surface area contributed by atoms with Gasteiger partial charge in [-0.05, 0) is 127 Å².